The summed E-state index contributed by atoms with van der Waals surface area (Å²) >= 11 is 4.80. The molecular formula is C7H7BrN4O2S2. The summed E-state index contributed by atoms with van der Waals surface area (Å²) in [6, 6.07) is 1.87. The molecule has 0 aliphatic heterocycles. The lowest BCUT2D eigenvalue weighted by Gasteiger charge is -1.86. The zero-order valence-corrected chi connectivity index (χ0v) is 11.3. The van der Waals surface area contributed by atoms with Crippen LogP contribution in [0.3, 0.4) is 0 Å². The van der Waals surface area contributed by atoms with Crippen LogP contribution in [0.1, 0.15) is 5.56 Å². The molecule has 3 N–H and O–H groups in total. The number of nitrogens with zero attached hydrogens (tertiary/aromatic N) is 2. The molecule has 0 saturated carbocycles. The van der Waals surface area contributed by atoms with Gasteiger partial charge in [0.25, 0.3) is 15.2 Å². The quantitative estimate of drug-likeness (QED) is 0.868. The number of sulfonamides is 1. The van der Waals surface area contributed by atoms with E-state index in [1.807, 2.05) is 13.0 Å². The van der Waals surface area contributed by atoms with Crippen molar-refractivity contribution in [1.29, 1.82) is 0 Å². The van der Waals surface area contributed by atoms with E-state index in [9.17, 15) is 8.42 Å². The number of H-pyrrole nitrogens is 1. The third kappa shape index (κ3) is 2.17. The minimum atomic E-state index is -3.83. The van der Waals surface area contributed by atoms with E-state index in [-0.39, 0.29) is 5.16 Å². The predicted octanol–water partition coefficient (Wildman–Crippen LogP) is 1.25. The predicted molar refractivity (Wildman–Crippen MR) is 63.5 cm³/mol. The maximum atomic E-state index is 11.0. The lowest BCUT2D eigenvalue weighted by Crippen LogP contribution is -2.13. The molecule has 0 aliphatic rings. The van der Waals surface area contributed by atoms with E-state index in [0.717, 1.165) is 14.2 Å². The highest BCUT2D eigenvalue weighted by Gasteiger charge is 2.16. The monoisotopic (exact) mass is 322 g/mol. The summed E-state index contributed by atoms with van der Waals surface area (Å²) in [6.45, 7) is 1.93. The van der Waals surface area contributed by atoms with Crippen molar-refractivity contribution in [1.82, 2.24) is 15.2 Å². The highest BCUT2D eigenvalue weighted by Crippen LogP contribution is 2.32. The van der Waals surface area contributed by atoms with Gasteiger partial charge in [-0.15, -0.1) is 11.3 Å². The third-order valence-electron chi connectivity index (χ3n) is 1.81. The second kappa shape index (κ2) is 3.91. The molecule has 86 valence electrons. The first-order chi connectivity index (χ1) is 7.38. The fourth-order valence-corrected chi connectivity index (χ4v) is 2.91. The van der Waals surface area contributed by atoms with Crippen LogP contribution >= 0.6 is 27.3 Å². The first-order valence-corrected chi connectivity index (χ1v) is 7.25. The third-order valence-corrected chi connectivity index (χ3v) is 4.67. The van der Waals surface area contributed by atoms with Crippen molar-refractivity contribution in [3.63, 3.8) is 0 Å². The number of hydrogen-bond donors (Lipinski definition) is 2. The Hall–Kier alpha value is -0.770. The summed E-state index contributed by atoms with van der Waals surface area (Å²) in [5.41, 5.74) is 1.04. The Morgan fingerprint density at radius 3 is 2.69 bits per heavy atom. The van der Waals surface area contributed by atoms with Crippen LogP contribution in [-0.4, -0.2) is 23.6 Å². The van der Waals surface area contributed by atoms with Crippen LogP contribution in [0.4, 0.5) is 0 Å². The minimum Gasteiger partial charge on any atom is -0.248 e. The fourth-order valence-electron chi connectivity index (χ4n) is 1.05. The lowest BCUT2D eigenvalue weighted by atomic mass is 10.3. The van der Waals surface area contributed by atoms with Gasteiger partial charge in [0, 0.05) is 0 Å². The summed E-state index contributed by atoms with van der Waals surface area (Å²) in [5.74, 6) is 0.322. The van der Waals surface area contributed by atoms with Crippen molar-refractivity contribution in [3.05, 3.63) is 15.4 Å². The van der Waals surface area contributed by atoms with E-state index in [2.05, 4.69) is 31.1 Å². The number of aryl methyl sites for hydroxylation is 1. The molecule has 2 aromatic heterocycles. The molecule has 2 heterocycles. The maximum absolute atomic E-state index is 11.0. The number of halogens is 1. The number of nitrogens with one attached hydrogen (secondary N) is 1. The van der Waals surface area contributed by atoms with Gasteiger partial charge in [-0.05, 0) is 34.5 Å². The van der Waals surface area contributed by atoms with Gasteiger partial charge >= 0.3 is 0 Å². The number of hydrogen-bond acceptors (Lipinski definition) is 5. The van der Waals surface area contributed by atoms with Gasteiger partial charge in [0.15, 0.2) is 5.82 Å². The molecule has 0 aliphatic carbocycles. The van der Waals surface area contributed by atoms with Gasteiger partial charge in [0.05, 0.1) is 8.66 Å². The second-order valence-corrected chi connectivity index (χ2v) is 6.92. The van der Waals surface area contributed by atoms with Crippen molar-refractivity contribution in [2.24, 2.45) is 5.14 Å². The molecule has 0 radical (unpaired) electrons. The van der Waals surface area contributed by atoms with Gasteiger partial charge in [-0.3, -0.25) is 0 Å². The van der Waals surface area contributed by atoms with Crippen molar-refractivity contribution in [2.75, 3.05) is 0 Å². The van der Waals surface area contributed by atoms with Crippen molar-refractivity contribution >= 4 is 37.3 Å². The number of aromatic amines is 1. The summed E-state index contributed by atoms with van der Waals surface area (Å²) in [6.07, 6.45) is 0. The van der Waals surface area contributed by atoms with Gasteiger partial charge in [0.2, 0.25) is 0 Å². The van der Waals surface area contributed by atoms with E-state index in [1.165, 1.54) is 11.3 Å². The molecular weight excluding hydrogens is 316 g/mol. The van der Waals surface area contributed by atoms with Crippen molar-refractivity contribution < 1.29 is 8.42 Å². The van der Waals surface area contributed by atoms with E-state index >= 15 is 0 Å². The van der Waals surface area contributed by atoms with Gasteiger partial charge in [0.1, 0.15) is 0 Å². The maximum Gasteiger partial charge on any atom is 0.273 e. The average Bonchev–Trinajstić information content (AvgIpc) is 2.73. The lowest BCUT2D eigenvalue weighted by molar-refractivity contribution is 0.589. The zero-order chi connectivity index (χ0) is 11.9. The van der Waals surface area contributed by atoms with Gasteiger partial charge in [-0.25, -0.2) is 18.7 Å². The molecule has 0 saturated heterocycles. The van der Waals surface area contributed by atoms with Gasteiger partial charge in [-0.1, -0.05) is 0 Å². The SMILES string of the molecule is Cc1cc(-c2n[nH]c(S(N)(=O)=O)n2)sc1Br. The topological polar surface area (TPSA) is 102 Å². The first kappa shape index (κ1) is 11.7. The summed E-state index contributed by atoms with van der Waals surface area (Å²) in [5, 5.41) is 10.7. The summed E-state index contributed by atoms with van der Waals surface area (Å²) in [4.78, 5) is 4.59. The number of primary sulfonamides is 1. The molecule has 16 heavy (non-hydrogen) atoms. The number of thiophene rings is 1. The van der Waals surface area contributed by atoms with E-state index in [0.29, 0.717) is 5.82 Å². The van der Waals surface area contributed by atoms with Crippen LogP contribution in [0.2, 0.25) is 0 Å². The molecule has 0 aromatic carbocycles. The minimum absolute atomic E-state index is 0.322. The Labute approximate surface area is 104 Å². The van der Waals surface area contributed by atoms with Crippen LogP contribution in [0.15, 0.2) is 15.0 Å². The van der Waals surface area contributed by atoms with Crippen molar-refractivity contribution in [3.8, 4) is 10.7 Å². The molecule has 0 spiro atoms. The summed E-state index contributed by atoms with van der Waals surface area (Å²) < 4.78 is 22.9. The standard InChI is InChI=1S/C7H7BrN4O2S2/c1-3-2-4(15-5(3)8)6-10-7(12-11-6)16(9,13)14/h2H,1H3,(H2,9,13,14)(H,10,11,12). The molecule has 2 rings (SSSR count). The Bertz CT molecular complexity index is 611. The smallest absolute Gasteiger partial charge is 0.248 e. The number of rotatable bonds is 2. The molecule has 0 fully saturated rings. The van der Waals surface area contributed by atoms with Crippen LogP contribution in [0.25, 0.3) is 10.7 Å². The molecule has 0 amide bonds. The molecule has 2 aromatic rings. The normalized spacial score (nSPS) is 11.9. The fraction of sp³-hybridized carbons (Fsp3) is 0.143. The Morgan fingerprint density at radius 2 is 2.25 bits per heavy atom. The number of aromatic nitrogens is 3. The van der Waals surface area contributed by atoms with Crippen LogP contribution in [0.5, 0.6) is 0 Å². The molecule has 0 atom stereocenters. The molecule has 0 unspecified atom stereocenters. The molecule has 0 bridgehead atoms. The molecule has 6 nitrogen and oxygen atoms in total. The number of nitrogens with two attached hydrogens (primary N) is 1. The summed E-state index contributed by atoms with van der Waals surface area (Å²) in [7, 11) is -3.83. The molecule has 9 heteroatoms. The van der Waals surface area contributed by atoms with Crippen LogP contribution < -0.4 is 5.14 Å². The first-order valence-electron chi connectivity index (χ1n) is 4.09. The zero-order valence-electron chi connectivity index (χ0n) is 8.06. The highest BCUT2D eigenvalue weighted by molar-refractivity contribution is 9.11. The van der Waals surface area contributed by atoms with Crippen LogP contribution in [-0.2, 0) is 10.0 Å². The Balaban J connectivity index is 2.47. The Morgan fingerprint density at radius 1 is 1.56 bits per heavy atom. The highest BCUT2D eigenvalue weighted by atomic mass is 79.9. The van der Waals surface area contributed by atoms with Gasteiger partial charge in [-0.2, -0.15) is 10.1 Å². The van der Waals surface area contributed by atoms with Crippen molar-refractivity contribution in [2.45, 2.75) is 12.1 Å². The second-order valence-electron chi connectivity index (χ2n) is 3.08. The van der Waals surface area contributed by atoms with Gasteiger partial charge < -0.3 is 0 Å². The largest absolute Gasteiger partial charge is 0.273 e. The Kier molecular flexibility index (Phi) is 2.86. The average molecular weight is 323 g/mol. The van der Waals surface area contributed by atoms with E-state index in [1.54, 1.807) is 0 Å². The van der Waals surface area contributed by atoms with E-state index in [4.69, 9.17) is 5.14 Å². The van der Waals surface area contributed by atoms with Crippen LogP contribution in [0, 0.1) is 6.92 Å². The van der Waals surface area contributed by atoms with E-state index < -0.39 is 10.0 Å².